The number of carbonyl (C=O) groups excluding carboxylic acids is 1. The normalized spacial score (nSPS) is 17.8. The smallest absolute Gasteiger partial charge is 0.227 e. The fourth-order valence-electron chi connectivity index (χ4n) is 3.61. The number of nitrogens with zero attached hydrogens (tertiary/aromatic N) is 4. The minimum absolute atomic E-state index is 0.173. The Bertz CT molecular complexity index is 896. The maximum Gasteiger partial charge on any atom is 0.227 e. The zero-order valence-corrected chi connectivity index (χ0v) is 14.4. The molecule has 3 heterocycles. The van der Waals surface area contributed by atoms with E-state index in [1.165, 1.54) is 0 Å². The molecule has 2 aromatic heterocycles. The topological polar surface area (TPSA) is 51.0 Å². The van der Waals surface area contributed by atoms with Crippen molar-refractivity contribution in [3.63, 3.8) is 0 Å². The van der Waals surface area contributed by atoms with Gasteiger partial charge in [-0.15, -0.1) is 0 Å². The molecule has 128 valence electrons. The summed E-state index contributed by atoms with van der Waals surface area (Å²) in [6.45, 7) is 3.61. The van der Waals surface area contributed by atoms with Crippen LogP contribution in [-0.2, 0) is 11.2 Å². The highest BCUT2D eigenvalue weighted by Gasteiger charge is 2.25. The van der Waals surface area contributed by atoms with E-state index in [0.717, 1.165) is 48.0 Å². The lowest BCUT2D eigenvalue weighted by Crippen LogP contribution is -2.41. The molecule has 1 aliphatic heterocycles. The molecule has 5 nitrogen and oxygen atoms in total. The standard InChI is InChI=1S/C20H22N4O/c1-15-12-22-24(13-15)18-8-4-10-23(14-18)19(25)11-17-6-2-5-16-7-3-9-21-20(16)17/h2-3,5-7,9,12-13,18H,4,8,10-11,14H2,1H3/t18-/m0/s1. The molecule has 0 bridgehead atoms. The average molecular weight is 334 g/mol. The molecule has 1 atom stereocenters. The summed E-state index contributed by atoms with van der Waals surface area (Å²) in [6, 6.07) is 10.3. The van der Waals surface area contributed by atoms with Crippen LogP contribution in [0.4, 0.5) is 0 Å². The summed E-state index contributed by atoms with van der Waals surface area (Å²) in [4.78, 5) is 19.3. The fourth-order valence-corrected chi connectivity index (χ4v) is 3.61. The molecule has 0 radical (unpaired) electrons. The maximum atomic E-state index is 12.9. The van der Waals surface area contributed by atoms with Gasteiger partial charge >= 0.3 is 0 Å². The molecule has 1 fully saturated rings. The number of likely N-dealkylation sites (tertiary alicyclic amines) is 1. The van der Waals surface area contributed by atoms with Crippen molar-refractivity contribution in [2.45, 2.75) is 32.2 Å². The van der Waals surface area contributed by atoms with E-state index in [1.807, 2.05) is 53.0 Å². The second kappa shape index (κ2) is 6.67. The average Bonchev–Trinajstić information content (AvgIpc) is 3.09. The number of pyridine rings is 1. The van der Waals surface area contributed by atoms with Crippen LogP contribution >= 0.6 is 0 Å². The van der Waals surface area contributed by atoms with E-state index in [9.17, 15) is 4.79 Å². The molecule has 0 aliphatic carbocycles. The monoisotopic (exact) mass is 334 g/mol. The Labute approximate surface area is 147 Å². The van der Waals surface area contributed by atoms with Crippen LogP contribution in [0.1, 0.15) is 30.0 Å². The number of hydrogen-bond donors (Lipinski definition) is 0. The summed E-state index contributed by atoms with van der Waals surface area (Å²) in [7, 11) is 0. The fraction of sp³-hybridized carbons (Fsp3) is 0.350. The number of amides is 1. The van der Waals surface area contributed by atoms with Gasteiger partial charge in [0.25, 0.3) is 0 Å². The van der Waals surface area contributed by atoms with Gasteiger partial charge in [0, 0.05) is 30.9 Å². The van der Waals surface area contributed by atoms with Crippen molar-refractivity contribution in [2.24, 2.45) is 0 Å². The summed E-state index contributed by atoms with van der Waals surface area (Å²) >= 11 is 0. The predicted molar refractivity (Wildman–Crippen MR) is 97.3 cm³/mol. The Morgan fingerprint density at radius 1 is 1.28 bits per heavy atom. The van der Waals surface area contributed by atoms with Crippen molar-refractivity contribution in [1.29, 1.82) is 0 Å². The summed E-state index contributed by atoms with van der Waals surface area (Å²) in [5.74, 6) is 0.173. The van der Waals surface area contributed by atoms with Gasteiger partial charge in [-0.1, -0.05) is 24.3 Å². The first-order valence-electron chi connectivity index (χ1n) is 8.82. The molecule has 25 heavy (non-hydrogen) atoms. The van der Waals surface area contributed by atoms with Gasteiger partial charge in [-0.3, -0.25) is 14.5 Å². The lowest BCUT2D eigenvalue weighted by atomic mass is 10.0. The van der Waals surface area contributed by atoms with Crippen LogP contribution < -0.4 is 0 Å². The highest BCUT2D eigenvalue weighted by atomic mass is 16.2. The van der Waals surface area contributed by atoms with E-state index in [-0.39, 0.29) is 11.9 Å². The van der Waals surface area contributed by atoms with E-state index in [1.54, 1.807) is 6.20 Å². The molecule has 5 heteroatoms. The molecule has 1 aliphatic rings. The SMILES string of the molecule is Cc1cnn([C@H]2CCCN(C(=O)Cc3cccc4cccnc34)C2)c1. The molecule has 4 rings (SSSR count). The quantitative estimate of drug-likeness (QED) is 0.739. The van der Waals surface area contributed by atoms with Gasteiger partial charge in [0.2, 0.25) is 5.91 Å². The number of aromatic nitrogens is 3. The molecule has 1 amide bonds. The van der Waals surface area contributed by atoms with Gasteiger partial charge in [-0.25, -0.2) is 0 Å². The molecule has 1 saturated heterocycles. The van der Waals surface area contributed by atoms with Crippen LogP contribution in [0, 0.1) is 6.92 Å². The van der Waals surface area contributed by atoms with Crippen LogP contribution in [-0.4, -0.2) is 38.7 Å². The van der Waals surface area contributed by atoms with E-state index in [2.05, 4.69) is 16.3 Å². The number of piperidine rings is 1. The summed E-state index contributed by atoms with van der Waals surface area (Å²) in [6.07, 6.45) is 8.21. The van der Waals surface area contributed by atoms with Crippen molar-refractivity contribution in [3.05, 3.63) is 60.0 Å². The van der Waals surface area contributed by atoms with Gasteiger partial charge in [0.15, 0.2) is 0 Å². The number of hydrogen-bond acceptors (Lipinski definition) is 3. The van der Waals surface area contributed by atoms with E-state index in [4.69, 9.17) is 0 Å². The van der Waals surface area contributed by atoms with Crippen molar-refractivity contribution >= 4 is 16.8 Å². The van der Waals surface area contributed by atoms with Crippen LogP contribution in [0.3, 0.4) is 0 Å². The molecule has 0 unspecified atom stereocenters. The zero-order chi connectivity index (χ0) is 17.2. The Morgan fingerprint density at radius 3 is 3.00 bits per heavy atom. The molecule has 1 aromatic carbocycles. The molecule has 0 N–H and O–H groups in total. The number of aryl methyl sites for hydroxylation is 1. The number of benzene rings is 1. The number of carbonyl (C=O) groups is 1. The van der Waals surface area contributed by atoms with Crippen molar-refractivity contribution in [3.8, 4) is 0 Å². The van der Waals surface area contributed by atoms with Gasteiger partial charge in [0.1, 0.15) is 0 Å². The van der Waals surface area contributed by atoms with Crippen molar-refractivity contribution < 1.29 is 4.79 Å². The van der Waals surface area contributed by atoms with Crippen LogP contribution in [0.15, 0.2) is 48.9 Å². The molecule has 0 saturated carbocycles. The van der Waals surface area contributed by atoms with Crippen molar-refractivity contribution in [1.82, 2.24) is 19.7 Å². The Morgan fingerprint density at radius 2 is 2.16 bits per heavy atom. The van der Waals surface area contributed by atoms with E-state index >= 15 is 0 Å². The first-order valence-corrected chi connectivity index (χ1v) is 8.82. The molecule has 3 aromatic rings. The van der Waals surface area contributed by atoms with Crippen LogP contribution in [0.2, 0.25) is 0 Å². The van der Waals surface area contributed by atoms with Crippen molar-refractivity contribution in [2.75, 3.05) is 13.1 Å². The highest BCUT2D eigenvalue weighted by Crippen LogP contribution is 2.23. The molecular formula is C20H22N4O. The number of rotatable bonds is 3. The third-order valence-electron chi connectivity index (χ3n) is 4.91. The first kappa shape index (κ1) is 15.8. The second-order valence-electron chi connectivity index (χ2n) is 6.80. The minimum atomic E-state index is 0.173. The Balaban J connectivity index is 1.50. The van der Waals surface area contributed by atoms with Crippen LogP contribution in [0.5, 0.6) is 0 Å². The minimum Gasteiger partial charge on any atom is -0.340 e. The second-order valence-corrected chi connectivity index (χ2v) is 6.80. The maximum absolute atomic E-state index is 12.9. The molecule has 0 spiro atoms. The van der Waals surface area contributed by atoms with Gasteiger partial charge in [0.05, 0.1) is 24.2 Å². The summed E-state index contributed by atoms with van der Waals surface area (Å²) in [5.41, 5.74) is 3.08. The third kappa shape index (κ3) is 3.27. The predicted octanol–water partition coefficient (Wildman–Crippen LogP) is 3.15. The number of fused-ring (bicyclic) bond motifs is 1. The highest BCUT2D eigenvalue weighted by molar-refractivity contribution is 5.87. The lowest BCUT2D eigenvalue weighted by Gasteiger charge is -2.33. The Hall–Kier alpha value is -2.69. The zero-order valence-electron chi connectivity index (χ0n) is 14.4. The number of para-hydroxylation sites is 1. The molecular weight excluding hydrogens is 312 g/mol. The van der Waals surface area contributed by atoms with Gasteiger partial charge < -0.3 is 4.90 Å². The van der Waals surface area contributed by atoms with Gasteiger partial charge in [-0.05, 0) is 37.0 Å². The van der Waals surface area contributed by atoms with E-state index in [0.29, 0.717) is 6.42 Å². The summed E-state index contributed by atoms with van der Waals surface area (Å²) in [5, 5.41) is 5.51. The Kier molecular flexibility index (Phi) is 4.22. The summed E-state index contributed by atoms with van der Waals surface area (Å²) < 4.78 is 2.01. The van der Waals surface area contributed by atoms with Gasteiger partial charge in [-0.2, -0.15) is 5.10 Å². The lowest BCUT2D eigenvalue weighted by molar-refractivity contribution is -0.132. The first-order chi connectivity index (χ1) is 12.2. The third-order valence-corrected chi connectivity index (χ3v) is 4.91. The van der Waals surface area contributed by atoms with E-state index < -0.39 is 0 Å². The largest absolute Gasteiger partial charge is 0.340 e. The van der Waals surface area contributed by atoms with Crippen LogP contribution in [0.25, 0.3) is 10.9 Å².